The molecule has 150 valence electrons. The number of benzene rings is 2. The van der Waals surface area contributed by atoms with E-state index in [4.69, 9.17) is 0 Å². The molecule has 4 rings (SSSR count). The van der Waals surface area contributed by atoms with Gasteiger partial charge in [0, 0.05) is 44.8 Å². The Hall–Kier alpha value is -2.96. The first-order valence-corrected chi connectivity index (χ1v) is 9.98. The molecular formula is C23H25N3O3. The van der Waals surface area contributed by atoms with Crippen LogP contribution in [0.5, 0.6) is 0 Å². The average molecular weight is 391 g/mol. The van der Waals surface area contributed by atoms with Gasteiger partial charge in [0.05, 0.1) is 11.6 Å². The molecule has 0 aromatic heterocycles. The number of carbonyl (C=O) groups excluding carboxylic acids is 2. The molecule has 0 bridgehead atoms. The van der Waals surface area contributed by atoms with Gasteiger partial charge in [-0.2, -0.15) is 0 Å². The van der Waals surface area contributed by atoms with Crippen molar-refractivity contribution in [3.8, 4) is 0 Å². The fraction of sp³-hybridized carbons (Fsp3) is 0.304. The normalized spacial score (nSPS) is 22.2. The van der Waals surface area contributed by atoms with Crippen LogP contribution in [0, 0.1) is 0 Å². The lowest BCUT2D eigenvalue weighted by molar-refractivity contribution is -0.140. The number of nitrogens with zero attached hydrogens (tertiary/aromatic N) is 2. The van der Waals surface area contributed by atoms with Crippen LogP contribution in [-0.2, 0) is 9.59 Å². The van der Waals surface area contributed by atoms with Crippen molar-refractivity contribution in [2.45, 2.75) is 6.04 Å². The van der Waals surface area contributed by atoms with Crippen LogP contribution in [-0.4, -0.2) is 65.9 Å². The lowest BCUT2D eigenvalue weighted by Gasteiger charge is -2.31. The number of ketones is 1. The maximum absolute atomic E-state index is 12.9. The van der Waals surface area contributed by atoms with E-state index in [1.165, 1.54) is 0 Å². The highest BCUT2D eigenvalue weighted by atomic mass is 16.3. The molecule has 2 aliphatic heterocycles. The third-order valence-electron chi connectivity index (χ3n) is 5.57. The van der Waals surface area contributed by atoms with Crippen LogP contribution in [0.1, 0.15) is 17.2 Å². The molecule has 0 saturated carbocycles. The lowest BCUT2D eigenvalue weighted by atomic mass is 9.95. The third kappa shape index (κ3) is 3.95. The van der Waals surface area contributed by atoms with E-state index in [9.17, 15) is 14.7 Å². The van der Waals surface area contributed by atoms with E-state index in [2.05, 4.69) is 10.2 Å². The Kier molecular flexibility index (Phi) is 5.74. The van der Waals surface area contributed by atoms with Crippen molar-refractivity contribution in [3.05, 3.63) is 77.4 Å². The van der Waals surface area contributed by atoms with Gasteiger partial charge in [-0.05, 0) is 5.56 Å². The molecule has 0 unspecified atom stereocenters. The molecule has 2 heterocycles. The van der Waals surface area contributed by atoms with Crippen molar-refractivity contribution in [1.29, 1.82) is 0 Å². The predicted octanol–water partition coefficient (Wildman–Crippen LogP) is 2.01. The summed E-state index contributed by atoms with van der Waals surface area (Å²) in [7, 11) is 0. The summed E-state index contributed by atoms with van der Waals surface area (Å²) in [6.45, 7) is 4.83. The fourth-order valence-corrected chi connectivity index (χ4v) is 4.03. The standard InChI is InChI=1S/C23H25N3O3/c27-21(18-9-5-2-6-10-18)19-20(17-7-3-1-4-8-17)26(23(29)22(19)28)16-15-25-13-11-24-12-14-25/h1-10,20,24,27H,11-16H2/b21-19+/t20-/m1/s1. The summed E-state index contributed by atoms with van der Waals surface area (Å²) in [5, 5.41) is 14.3. The van der Waals surface area contributed by atoms with Gasteiger partial charge in [-0.15, -0.1) is 0 Å². The number of hydrogen-bond acceptors (Lipinski definition) is 5. The molecule has 2 aliphatic rings. The van der Waals surface area contributed by atoms with E-state index < -0.39 is 17.7 Å². The molecule has 0 radical (unpaired) electrons. The number of likely N-dealkylation sites (tertiary alicyclic amines) is 1. The summed E-state index contributed by atoms with van der Waals surface area (Å²) in [5.41, 5.74) is 1.52. The highest BCUT2D eigenvalue weighted by molar-refractivity contribution is 6.46. The minimum Gasteiger partial charge on any atom is -0.507 e. The van der Waals surface area contributed by atoms with Crippen molar-refractivity contribution < 1.29 is 14.7 Å². The SMILES string of the molecule is O=C1C(=O)N(CCN2CCNCC2)[C@H](c2ccccc2)/C1=C(\O)c1ccccc1. The molecule has 2 aromatic carbocycles. The topological polar surface area (TPSA) is 72.9 Å². The number of piperazine rings is 1. The average Bonchev–Trinajstić information content (AvgIpc) is 3.04. The zero-order valence-corrected chi connectivity index (χ0v) is 16.3. The molecule has 6 nitrogen and oxygen atoms in total. The maximum atomic E-state index is 12.9. The largest absolute Gasteiger partial charge is 0.507 e. The second-order valence-electron chi connectivity index (χ2n) is 7.36. The van der Waals surface area contributed by atoms with E-state index in [0.717, 1.165) is 31.7 Å². The molecule has 2 N–H and O–H groups in total. The maximum Gasteiger partial charge on any atom is 0.295 e. The van der Waals surface area contributed by atoms with Crippen molar-refractivity contribution in [2.75, 3.05) is 39.3 Å². The molecule has 1 amide bonds. The zero-order chi connectivity index (χ0) is 20.2. The van der Waals surface area contributed by atoms with E-state index >= 15 is 0 Å². The van der Waals surface area contributed by atoms with Gasteiger partial charge in [0.2, 0.25) is 0 Å². The Bertz CT molecular complexity index is 905. The zero-order valence-electron chi connectivity index (χ0n) is 16.3. The first-order chi connectivity index (χ1) is 14.2. The summed E-state index contributed by atoms with van der Waals surface area (Å²) in [4.78, 5) is 29.7. The van der Waals surface area contributed by atoms with Crippen LogP contribution >= 0.6 is 0 Å². The Labute approximate surface area is 170 Å². The molecule has 29 heavy (non-hydrogen) atoms. The number of hydrogen-bond donors (Lipinski definition) is 2. The summed E-state index contributed by atoms with van der Waals surface area (Å²) in [5.74, 6) is -1.30. The van der Waals surface area contributed by atoms with E-state index in [1.807, 2.05) is 36.4 Å². The molecule has 2 saturated heterocycles. The van der Waals surface area contributed by atoms with Crippen molar-refractivity contribution >= 4 is 17.4 Å². The number of aliphatic hydroxyl groups excluding tert-OH is 1. The quantitative estimate of drug-likeness (QED) is 0.463. The highest BCUT2D eigenvalue weighted by Crippen LogP contribution is 2.39. The summed E-state index contributed by atoms with van der Waals surface area (Å²) >= 11 is 0. The van der Waals surface area contributed by atoms with Crippen LogP contribution in [0.15, 0.2) is 66.2 Å². The van der Waals surface area contributed by atoms with Crippen molar-refractivity contribution in [3.63, 3.8) is 0 Å². The lowest BCUT2D eigenvalue weighted by Crippen LogP contribution is -2.46. The van der Waals surface area contributed by atoms with Crippen molar-refractivity contribution in [2.24, 2.45) is 0 Å². The van der Waals surface area contributed by atoms with Gasteiger partial charge in [0.25, 0.3) is 11.7 Å². The fourth-order valence-electron chi connectivity index (χ4n) is 4.03. The van der Waals surface area contributed by atoms with E-state index in [1.54, 1.807) is 29.2 Å². The minimum atomic E-state index is -0.625. The van der Waals surface area contributed by atoms with Crippen molar-refractivity contribution in [1.82, 2.24) is 15.1 Å². The molecule has 0 spiro atoms. The van der Waals surface area contributed by atoms with Crippen LogP contribution < -0.4 is 5.32 Å². The van der Waals surface area contributed by atoms with Gasteiger partial charge < -0.3 is 15.3 Å². The van der Waals surface area contributed by atoms with Crippen LogP contribution in [0.2, 0.25) is 0 Å². The van der Waals surface area contributed by atoms with Crippen LogP contribution in [0.3, 0.4) is 0 Å². The number of rotatable bonds is 5. The number of aliphatic hydroxyl groups is 1. The number of Topliss-reactive ketones (excluding diaryl/α,β-unsaturated/α-hetero) is 1. The highest BCUT2D eigenvalue weighted by Gasteiger charge is 2.45. The molecule has 2 fully saturated rings. The first kappa shape index (κ1) is 19.4. The number of amides is 1. The Morgan fingerprint density at radius 3 is 2.21 bits per heavy atom. The van der Waals surface area contributed by atoms with Gasteiger partial charge in [-0.25, -0.2) is 0 Å². The Morgan fingerprint density at radius 2 is 1.55 bits per heavy atom. The molecular weight excluding hydrogens is 366 g/mol. The molecule has 1 atom stereocenters. The number of carbonyl (C=O) groups is 2. The molecule has 2 aromatic rings. The Balaban J connectivity index is 1.70. The molecule has 6 heteroatoms. The Morgan fingerprint density at radius 1 is 0.931 bits per heavy atom. The van der Waals surface area contributed by atoms with E-state index in [0.29, 0.717) is 18.7 Å². The van der Waals surface area contributed by atoms with Gasteiger partial charge in [-0.1, -0.05) is 60.7 Å². The third-order valence-corrected chi connectivity index (χ3v) is 5.57. The number of nitrogens with one attached hydrogen (secondary N) is 1. The van der Waals surface area contributed by atoms with Gasteiger partial charge in [0.1, 0.15) is 5.76 Å². The monoisotopic (exact) mass is 391 g/mol. The smallest absolute Gasteiger partial charge is 0.295 e. The van der Waals surface area contributed by atoms with Gasteiger partial charge >= 0.3 is 0 Å². The predicted molar refractivity (Wildman–Crippen MR) is 111 cm³/mol. The van der Waals surface area contributed by atoms with E-state index in [-0.39, 0.29) is 11.3 Å². The summed E-state index contributed by atoms with van der Waals surface area (Å²) in [6.07, 6.45) is 0. The second-order valence-corrected chi connectivity index (χ2v) is 7.36. The summed E-state index contributed by atoms with van der Waals surface area (Å²) < 4.78 is 0. The van der Waals surface area contributed by atoms with Gasteiger partial charge in [0.15, 0.2) is 0 Å². The van der Waals surface area contributed by atoms with Crippen LogP contribution in [0.25, 0.3) is 5.76 Å². The molecule has 0 aliphatic carbocycles. The second kappa shape index (κ2) is 8.59. The first-order valence-electron chi connectivity index (χ1n) is 9.98. The van der Waals surface area contributed by atoms with Crippen LogP contribution in [0.4, 0.5) is 0 Å². The van der Waals surface area contributed by atoms with Gasteiger partial charge in [-0.3, -0.25) is 14.5 Å². The minimum absolute atomic E-state index is 0.123. The summed E-state index contributed by atoms with van der Waals surface area (Å²) in [6, 6.07) is 17.8.